The Balaban J connectivity index is 4.44. The van der Waals surface area contributed by atoms with Crippen molar-refractivity contribution >= 4 is 17.9 Å². The first-order chi connectivity index (χ1) is 28.1. The number of rotatable bonds is 40. The summed E-state index contributed by atoms with van der Waals surface area (Å²) in [5.41, 5.74) is 0. The molecule has 0 bridgehead atoms. The average molecular weight is 813 g/mol. The van der Waals surface area contributed by atoms with E-state index in [0.717, 1.165) is 77.0 Å². The van der Waals surface area contributed by atoms with Crippen LogP contribution in [-0.2, 0) is 28.6 Å². The Kier molecular flexibility index (Phi) is 38.3. The molecule has 0 rings (SSSR count). The van der Waals surface area contributed by atoms with Crippen LogP contribution in [0.1, 0.15) is 174 Å². The zero-order valence-corrected chi connectivity index (χ0v) is 37.7. The second kappa shape index (κ2) is 40.5. The van der Waals surface area contributed by atoms with E-state index in [1.54, 1.807) is 0 Å². The Morgan fingerprint density at radius 1 is 0.517 bits per heavy atom. The fraction of sp³-hybridized carbons (Fsp3) is 0.700. The quantitative estimate of drug-likeness (QED) is 0.0285. The largest absolute Gasteiger partial charge is 0.477 e. The van der Waals surface area contributed by atoms with E-state index in [9.17, 15) is 19.5 Å². The monoisotopic (exact) mass is 813 g/mol. The summed E-state index contributed by atoms with van der Waals surface area (Å²) in [5.74, 6) is -1.54. The normalized spacial score (nSPS) is 13.6. The first-order valence-corrected chi connectivity index (χ1v) is 23.0. The SMILES string of the molecule is CCCCC/C=C/C=C/C=C/C=C/CCCCCCCC(=O)OCC(COCCC(C(=O)O)[N+](C)(C)C)OC(=O)CCCCC/C=C/C=C/CCCCCCCCC. The lowest BCUT2D eigenvalue weighted by atomic mass is 10.1. The number of carbonyl (C=O) groups excluding carboxylic acids is 2. The maximum Gasteiger partial charge on any atom is 0.362 e. The number of quaternary nitrogens is 1. The molecule has 332 valence electrons. The molecule has 0 spiro atoms. The predicted molar refractivity (Wildman–Crippen MR) is 243 cm³/mol. The summed E-state index contributed by atoms with van der Waals surface area (Å²) in [6.07, 6.45) is 50.8. The number of hydrogen-bond donors (Lipinski definition) is 1. The zero-order chi connectivity index (χ0) is 42.8. The molecule has 0 aliphatic heterocycles. The van der Waals surface area contributed by atoms with Gasteiger partial charge in [0.2, 0.25) is 0 Å². The number of likely N-dealkylation sites (N-methyl/N-ethyl adjacent to an activating group) is 1. The van der Waals surface area contributed by atoms with Gasteiger partial charge in [-0.3, -0.25) is 9.59 Å². The van der Waals surface area contributed by atoms with Crippen molar-refractivity contribution in [2.24, 2.45) is 0 Å². The van der Waals surface area contributed by atoms with Crippen LogP contribution in [-0.4, -0.2) is 80.6 Å². The number of aliphatic carboxylic acids is 1. The number of carboxylic acid groups (broad SMARTS) is 1. The molecule has 0 aromatic rings. The van der Waals surface area contributed by atoms with Gasteiger partial charge in [-0.25, -0.2) is 4.79 Å². The first kappa shape index (κ1) is 54.8. The molecule has 0 aliphatic carbocycles. The van der Waals surface area contributed by atoms with Gasteiger partial charge in [0, 0.05) is 19.3 Å². The van der Waals surface area contributed by atoms with E-state index in [0.29, 0.717) is 12.8 Å². The molecule has 8 heteroatoms. The Hall–Kier alpha value is -3.23. The van der Waals surface area contributed by atoms with E-state index < -0.39 is 18.1 Å². The Morgan fingerprint density at radius 2 is 0.914 bits per heavy atom. The predicted octanol–water partition coefficient (Wildman–Crippen LogP) is 12.7. The minimum absolute atomic E-state index is 0.0389. The van der Waals surface area contributed by atoms with Gasteiger partial charge < -0.3 is 23.8 Å². The van der Waals surface area contributed by atoms with E-state index in [4.69, 9.17) is 14.2 Å². The minimum Gasteiger partial charge on any atom is -0.477 e. The third-order valence-electron chi connectivity index (χ3n) is 9.95. The number of carbonyl (C=O) groups is 3. The number of hydrogen-bond acceptors (Lipinski definition) is 6. The van der Waals surface area contributed by atoms with E-state index in [-0.39, 0.29) is 42.7 Å². The van der Waals surface area contributed by atoms with E-state index >= 15 is 0 Å². The maximum atomic E-state index is 12.7. The molecular formula is C50H86NO7+. The molecule has 2 atom stereocenters. The van der Waals surface area contributed by atoms with E-state index in [1.165, 1.54) is 64.2 Å². The third kappa shape index (κ3) is 38.3. The van der Waals surface area contributed by atoms with Crippen LogP contribution in [0, 0.1) is 0 Å². The van der Waals surface area contributed by atoms with Crippen LogP contribution in [0.15, 0.2) is 72.9 Å². The second-order valence-corrected chi connectivity index (χ2v) is 16.4. The average Bonchev–Trinajstić information content (AvgIpc) is 3.18. The molecule has 0 radical (unpaired) electrons. The van der Waals surface area contributed by atoms with Crippen molar-refractivity contribution in [2.45, 2.75) is 187 Å². The van der Waals surface area contributed by atoms with Crippen molar-refractivity contribution < 1.29 is 38.2 Å². The second-order valence-electron chi connectivity index (χ2n) is 16.4. The standard InChI is InChI=1S/C50H85NO7/c1-6-8-10-12-14-16-18-20-22-24-25-27-28-30-32-34-36-38-40-48(52)57-45-46(44-56-43-42-47(50(54)55)51(3,4)5)58-49(53)41-39-37-35-33-31-29-26-23-21-19-17-15-13-11-9-7-2/h14,16,18,20,22-27,29,31,46-47H,6-13,15,17,19,21,28,30,32-45H2,1-5H3/p+1/b16-14+,20-18+,24-22+,26-23+,27-25+,31-29+. The van der Waals surface area contributed by atoms with Crippen LogP contribution in [0.4, 0.5) is 0 Å². The van der Waals surface area contributed by atoms with E-state index in [2.05, 4.69) is 80.7 Å². The molecule has 0 heterocycles. The Bertz CT molecular complexity index is 1180. The number of carboxylic acids is 1. The molecule has 8 nitrogen and oxygen atoms in total. The lowest BCUT2D eigenvalue weighted by Gasteiger charge is -2.31. The lowest BCUT2D eigenvalue weighted by Crippen LogP contribution is -2.50. The van der Waals surface area contributed by atoms with E-state index in [1.807, 2.05) is 27.2 Å². The van der Waals surface area contributed by atoms with Gasteiger partial charge in [0.05, 0.1) is 34.4 Å². The molecule has 58 heavy (non-hydrogen) atoms. The number of ether oxygens (including phenoxy) is 3. The molecule has 0 aromatic carbocycles. The van der Waals surface area contributed by atoms with Gasteiger partial charge in [-0.15, -0.1) is 0 Å². The molecule has 0 saturated heterocycles. The number of esters is 2. The zero-order valence-electron chi connectivity index (χ0n) is 37.7. The molecule has 2 unspecified atom stereocenters. The summed E-state index contributed by atoms with van der Waals surface area (Å²) >= 11 is 0. The molecule has 1 N–H and O–H groups in total. The molecule has 0 fully saturated rings. The lowest BCUT2D eigenvalue weighted by molar-refractivity contribution is -0.887. The highest BCUT2D eigenvalue weighted by Gasteiger charge is 2.31. The van der Waals surface area contributed by atoms with Gasteiger partial charge >= 0.3 is 17.9 Å². The van der Waals surface area contributed by atoms with Crippen LogP contribution in [0.3, 0.4) is 0 Å². The van der Waals surface area contributed by atoms with Crippen molar-refractivity contribution in [1.82, 2.24) is 0 Å². The summed E-state index contributed by atoms with van der Waals surface area (Å²) in [6.45, 7) is 4.63. The van der Waals surface area contributed by atoms with Gasteiger partial charge in [-0.1, -0.05) is 164 Å². The van der Waals surface area contributed by atoms with Crippen LogP contribution < -0.4 is 0 Å². The summed E-state index contributed by atoms with van der Waals surface area (Å²) in [7, 11) is 5.50. The summed E-state index contributed by atoms with van der Waals surface area (Å²) in [6, 6.07) is -0.627. The highest BCUT2D eigenvalue weighted by molar-refractivity contribution is 5.72. The number of unbranched alkanes of at least 4 members (excludes halogenated alkanes) is 18. The minimum atomic E-state index is -0.885. The third-order valence-corrected chi connectivity index (χ3v) is 9.95. The molecule has 0 amide bonds. The fourth-order valence-electron chi connectivity index (χ4n) is 6.33. The van der Waals surface area contributed by atoms with Crippen molar-refractivity contribution in [3.05, 3.63) is 72.9 Å². The Labute approximate surface area is 355 Å². The first-order valence-electron chi connectivity index (χ1n) is 23.0. The van der Waals surface area contributed by atoms with Gasteiger partial charge in [0.25, 0.3) is 0 Å². The molecular weight excluding hydrogens is 727 g/mol. The number of allylic oxidation sites excluding steroid dienone is 12. The maximum absolute atomic E-state index is 12.7. The van der Waals surface area contributed by atoms with Crippen molar-refractivity contribution in [1.29, 1.82) is 0 Å². The van der Waals surface area contributed by atoms with Crippen LogP contribution >= 0.6 is 0 Å². The van der Waals surface area contributed by atoms with Gasteiger partial charge in [-0.05, 0) is 64.2 Å². The van der Waals surface area contributed by atoms with Crippen LogP contribution in [0.5, 0.6) is 0 Å². The highest BCUT2D eigenvalue weighted by Crippen LogP contribution is 2.13. The molecule has 0 aliphatic rings. The molecule has 0 aromatic heterocycles. The highest BCUT2D eigenvalue weighted by atomic mass is 16.6. The topological polar surface area (TPSA) is 99.1 Å². The van der Waals surface area contributed by atoms with Crippen LogP contribution in [0.2, 0.25) is 0 Å². The number of nitrogens with zero attached hydrogens (tertiary/aromatic N) is 1. The van der Waals surface area contributed by atoms with Crippen molar-refractivity contribution in [2.75, 3.05) is 41.0 Å². The van der Waals surface area contributed by atoms with Gasteiger partial charge in [0.15, 0.2) is 12.1 Å². The van der Waals surface area contributed by atoms with Crippen molar-refractivity contribution in [3.63, 3.8) is 0 Å². The summed E-state index contributed by atoms with van der Waals surface area (Å²) < 4.78 is 17.2. The van der Waals surface area contributed by atoms with Gasteiger partial charge in [-0.2, -0.15) is 0 Å². The summed E-state index contributed by atoms with van der Waals surface area (Å²) in [4.78, 5) is 37.0. The van der Waals surface area contributed by atoms with Crippen molar-refractivity contribution in [3.8, 4) is 0 Å². The van der Waals surface area contributed by atoms with Gasteiger partial charge in [0.1, 0.15) is 6.61 Å². The smallest absolute Gasteiger partial charge is 0.362 e. The Morgan fingerprint density at radius 3 is 1.41 bits per heavy atom. The summed E-state index contributed by atoms with van der Waals surface area (Å²) in [5, 5.41) is 9.63. The fourth-order valence-corrected chi connectivity index (χ4v) is 6.33. The molecule has 0 saturated carbocycles. The van der Waals surface area contributed by atoms with Crippen LogP contribution in [0.25, 0.3) is 0 Å².